The lowest BCUT2D eigenvalue weighted by atomic mass is 10.2. The maximum atomic E-state index is 11.4. The molecule has 0 bridgehead atoms. The van der Waals surface area contributed by atoms with Gasteiger partial charge in [-0.2, -0.15) is 0 Å². The minimum absolute atomic E-state index is 0.0279. The SMILES string of the molecule is O=C(CCc1cccs1)NCC[C@H](O)C(=O)O. The van der Waals surface area contributed by atoms with Gasteiger partial charge in [0.05, 0.1) is 0 Å². The Balaban J connectivity index is 2.11. The summed E-state index contributed by atoms with van der Waals surface area (Å²) in [5.74, 6) is -1.39. The molecule has 94 valence electrons. The summed E-state index contributed by atoms with van der Waals surface area (Å²) in [7, 11) is 0. The van der Waals surface area contributed by atoms with E-state index in [0.717, 1.165) is 4.88 Å². The van der Waals surface area contributed by atoms with E-state index in [-0.39, 0.29) is 18.9 Å². The average molecular weight is 257 g/mol. The number of aliphatic hydroxyl groups is 1. The summed E-state index contributed by atoms with van der Waals surface area (Å²) in [6.45, 7) is 0.177. The number of carbonyl (C=O) groups is 2. The molecule has 0 radical (unpaired) electrons. The Bertz CT molecular complexity index is 364. The molecule has 6 heteroatoms. The van der Waals surface area contributed by atoms with Crippen molar-refractivity contribution in [3.05, 3.63) is 22.4 Å². The van der Waals surface area contributed by atoms with E-state index < -0.39 is 12.1 Å². The van der Waals surface area contributed by atoms with Gasteiger partial charge in [0.25, 0.3) is 0 Å². The number of rotatable bonds is 7. The van der Waals surface area contributed by atoms with E-state index in [4.69, 9.17) is 10.2 Å². The van der Waals surface area contributed by atoms with E-state index in [1.165, 1.54) is 0 Å². The van der Waals surface area contributed by atoms with Crippen LogP contribution >= 0.6 is 11.3 Å². The topological polar surface area (TPSA) is 86.6 Å². The lowest BCUT2D eigenvalue weighted by molar-refractivity contribution is -0.147. The van der Waals surface area contributed by atoms with Gasteiger partial charge in [0.1, 0.15) is 0 Å². The molecular weight excluding hydrogens is 242 g/mol. The van der Waals surface area contributed by atoms with Crippen molar-refractivity contribution >= 4 is 23.2 Å². The Morgan fingerprint density at radius 2 is 2.24 bits per heavy atom. The molecule has 0 aromatic carbocycles. The van der Waals surface area contributed by atoms with E-state index in [9.17, 15) is 9.59 Å². The number of carboxylic acids is 1. The zero-order valence-electron chi connectivity index (χ0n) is 9.26. The number of amides is 1. The van der Waals surface area contributed by atoms with Gasteiger partial charge in [0.2, 0.25) is 5.91 Å². The van der Waals surface area contributed by atoms with Crippen LogP contribution in [0.5, 0.6) is 0 Å². The van der Waals surface area contributed by atoms with Crippen LogP contribution in [0, 0.1) is 0 Å². The molecule has 1 rings (SSSR count). The smallest absolute Gasteiger partial charge is 0.332 e. The molecule has 0 aliphatic rings. The highest BCUT2D eigenvalue weighted by molar-refractivity contribution is 7.09. The summed E-state index contributed by atoms with van der Waals surface area (Å²) in [6, 6.07) is 3.90. The number of aryl methyl sites for hydroxylation is 1. The Kier molecular flexibility index (Phi) is 5.65. The third-order valence-electron chi connectivity index (χ3n) is 2.20. The molecule has 1 amide bonds. The molecule has 5 nitrogen and oxygen atoms in total. The van der Waals surface area contributed by atoms with E-state index in [1.807, 2.05) is 17.5 Å². The van der Waals surface area contributed by atoms with Gasteiger partial charge in [0.15, 0.2) is 6.10 Å². The van der Waals surface area contributed by atoms with Gasteiger partial charge < -0.3 is 15.5 Å². The van der Waals surface area contributed by atoms with Crippen LogP contribution in [0.25, 0.3) is 0 Å². The summed E-state index contributed by atoms with van der Waals surface area (Å²) in [5, 5.41) is 21.9. The lowest BCUT2D eigenvalue weighted by Crippen LogP contribution is -2.30. The molecule has 0 aliphatic heterocycles. The van der Waals surface area contributed by atoms with Crippen molar-refractivity contribution in [3.63, 3.8) is 0 Å². The van der Waals surface area contributed by atoms with Crippen molar-refractivity contribution in [2.24, 2.45) is 0 Å². The molecule has 0 aliphatic carbocycles. The molecule has 1 atom stereocenters. The van der Waals surface area contributed by atoms with Gasteiger partial charge in [-0.1, -0.05) is 6.07 Å². The molecule has 1 heterocycles. The number of carboxylic acid groups (broad SMARTS) is 1. The highest BCUT2D eigenvalue weighted by atomic mass is 32.1. The zero-order valence-corrected chi connectivity index (χ0v) is 10.1. The van der Waals surface area contributed by atoms with E-state index >= 15 is 0 Å². The number of thiophene rings is 1. The molecule has 3 N–H and O–H groups in total. The second kappa shape index (κ2) is 7.03. The lowest BCUT2D eigenvalue weighted by Gasteiger charge is -2.06. The predicted octanol–water partition coefficient (Wildman–Crippen LogP) is 0.632. The molecule has 0 fully saturated rings. The zero-order chi connectivity index (χ0) is 12.7. The fourth-order valence-electron chi connectivity index (χ4n) is 1.25. The number of aliphatic hydroxyl groups excluding tert-OH is 1. The summed E-state index contributed by atoms with van der Waals surface area (Å²) in [4.78, 5) is 22.8. The fourth-order valence-corrected chi connectivity index (χ4v) is 1.96. The molecule has 0 saturated heterocycles. The third-order valence-corrected chi connectivity index (χ3v) is 3.14. The number of carbonyl (C=O) groups excluding carboxylic acids is 1. The van der Waals surface area contributed by atoms with Crippen LogP contribution in [0.4, 0.5) is 0 Å². The number of hydrogen-bond donors (Lipinski definition) is 3. The van der Waals surface area contributed by atoms with Gasteiger partial charge in [-0.25, -0.2) is 4.79 Å². The maximum Gasteiger partial charge on any atom is 0.332 e. The first-order chi connectivity index (χ1) is 8.09. The summed E-state index contributed by atoms with van der Waals surface area (Å²) in [5.41, 5.74) is 0. The average Bonchev–Trinajstić information content (AvgIpc) is 2.78. The van der Waals surface area contributed by atoms with Crippen molar-refractivity contribution < 1.29 is 19.8 Å². The van der Waals surface area contributed by atoms with Crippen LogP contribution in [0.2, 0.25) is 0 Å². The Morgan fingerprint density at radius 1 is 1.47 bits per heavy atom. The van der Waals surface area contributed by atoms with E-state index in [2.05, 4.69) is 5.32 Å². The quantitative estimate of drug-likeness (QED) is 0.668. The van der Waals surface area contributed by atoms with E-state index in [0.29, 0.717) is 12.8 Å². The first kappa shape index (κ1) is 13.7. The normalized spacial score (nSPS) is 12.1. The second-order valence-electron chi connectivity index (χ2n) is 3.57. The molecule has 17 heavy (non-hydrogen) atoms. The Hall–Kier alpha value is -1.40. The summed E-state index contributed by atoms with van der Waals surface area (Å²) in [6.07, 6.45) is -0.318. The van der Waals surface area contributed by atoms with Crippen LogP contribution in [-0.2, 0) is 16.0 Å². The standard InChI is InChI=1S/C11H15NO4S/c13-9(11(15)16)5-6-12-10(14)4-3-8-2-1-7-17-8/h1-2,7,9,13H,3-6H2,(H,12,14)(H,15,16)/t9-/m0/s1. The minimum atomic E-state index is -1.41. The van der Waals surface area contributed by atoms with Crippen molar-refractivity contribution in [2.75, 3.05) is 6.54 Å². The largest absolute Gasteiger partial charge is 0.479 e. The second-order valence-corrected chi connectivity index (χ2v) is 4.60. The number of aliphatic carboxylic acids is 1. The third kappa shape index (κ3) is 5.46. The van der Waals surface area contributed by atoms with Gasteiger partial charge in [-0.05, 0) is 17.9 Å². The highest BCUT2D eigenvalue weighted by Crippen LogP contribution is 2.10. The molecule has 0 unspecified atom stereocenters. The monoisotopic (exact) mass is 257 g/mol. The van der Waals surface area contributed by atoms with Crippen molar-refractivity contribution in [3.8, 4) is 0 Å². The van der Waals surface area contributed by atoms with Crippen LogP contribution in [0.1, 0.15) is 17.7 Å². The van der Waals surface area contributed by atoms with Gasteiger partial charge in [0, 0.05) is 24.3 Å². The van der Waals surface area contributed by atoms with Crippen molar-refractivity contribution in [1.82, 2.24) is 5.32 Å². The van der Waals surface area contributed by atoms with Crippen LogP contribution in [-0.4, -0.2) is 34.7 Å². The first-order valence-corrected chi connectivity index (χ1v) is 6.17. The molecule has 0 spiro atoms. The van der Waals surface area contributed by atoms with E-state index in [1.54, 1.807) is 11.3 Å². The van der Waals surface area contributed by atoms with Crippen LogP contribution in [0.15, 0.2) is 17.5 Å². The van der Waals surface area contributed by atoms with Crippen molar-refractivity contribution in [2.45, 2.75) is 25.4 Å². The number of hydrogen-bond acceptors (Lipinski definition) is 4. The Labute approximate surface area is 103 Å². The predicted molar refractivity (Wildman–Crippen MR) is 63.9 cm³/mol. The fraction of sp³-hybridized carbons (Fsp3) is 0.455. The highest BCUT2D eigenvalue weighted by Gasteiger charge is 2.12. The van der Waals surface area contributed by atoms with Gasteiger partial charge in [-0.15, -0.1) is 11.3 Å². The molecule has 1 aromatic rings. The summed E-state index contributed by atoms with van der Waals surface area (Å²) < 4.78 is 0. The molecular formula is C11H15NO4S. The summed E-state index contributed by atoms with van der Waals surface area (Å²) >= 11 is 1.60. The van der Waals surface area contributed by atoms with Crippen LogP contribution in [0.3, 0.4) is 0 Å². The first-order valence-electron chi connectivity index (χ1n) is 5.29. The maximum absolute atomic E-state index is 11.4. The van der Waals surface area contributed by atoms with Crippen molar-refractivity contribution in [1.29, 1.82) is 0 Å². The van der Waals surface area contributed by atoms with Crippen LogP contribution < -0.4 is 5.32 Å². The minimum Gasteiger partial charge on any atom is -0.479 e. The molecule has 0 saturated carbocycles. The van der Waals surface area contributed by atoms with Gasteiger partial charge >= 0.3 is 5.97 Å². The molecule has 1 aromatic heterocycles. The van der Waals surface area contributed by atoms with Gasteiger partial charge in [-0.3, -0.25) is 4.79 Å². The Morgan fingerprint density at radius 3 is 2.82 bits per heavy atom. The number of nitrogens with one attached hydrogen (secondary N) is 1.